The molecule has 2 aromatic rings. The van der Waals surface area contributed by atoms with E-state index in [0.29, 0.717) is 0 Å². The van der Waals surface area contributed by atoms with Crippen molar-refractivity contribution in [2.24, 2.45) is 0 Å². The van der Waals surface area contributed by atoms with Gasteiger partial charge in [-0.05, 0) is 49.7 Å². The molecule has 0 amide bonds. The molecule has 0 bridgehead atoms. The predicted molar refractivity (Wildman–Crippen MR) is 115 cm³/mol. The van der Waals surface area contributed by atoms with Crippen LogP contribution in [0.15, 0.2) is 60.7 Å². The summed E-state index contributed by atoms with van der Waals surface area (Å²) in [6, 6.07) is 20.2. The molecule has 0 saturated heterocycles. The molecule has 0 heterocycles. The van der Waals surface area contributed by atoms with Crippen LogP contribution in [0.4, 0.5) is 0 Å². The lowest BCUT2D eigenvalue weighted by Crippen LogP contribution is -2.27. The second kappa shape index (κ2) is 10.8. The van der Waals surface area contributed by atoms with Crippen LogP contribution in [0.25, 0.3) is 0 Å². The molecule has 2 atom stereocenters. The fourth-order valence-electron chi connectivity index (χ4n) is 3.91. The number of aliphatic hydroxyl groups excluding tert-OH is 3. The molecule has 28 heavy (non-hydrogen) atoms. The lowest BCUT2D eigenvalue weighted by molar-refractivity contribution is 0.130. The average molecular weight is 385 g/mol. The van der Waals surface area contributed by atoms with Crippen LogP contribution in [0.5, 0.6) is 0 Å². The second-order valence-corrected chi connectivity index (χ2v) is 8.61. The minimum Gasteiger partial charge on any atom is -0.395 e. The molecule has 2 unspecified atom stereocenters. The maximum absolute atomic E-state index is 10.4. The van der Waals surface area contributed by atoms with Crippen molar-refractivity contribution in [1.82, 2.24) is 0 Å². The minimum absolute atomic E-state index is 0.110. The minimum atomic E-state index is -0.336. The van der Waals surface area contributed by atoms with E-state index in [0.717, 1.165) is 49.7 Å². The Morgan fingerprint density at radius 2 is 1.04 bits per heavy atom. The molecule has 0 spiro atoms. The van der Waals surface area contributed by atoms with Crippen LogP contribution in [0, 0.1) is 0 Å². The molecule has 0 aliphatic heterocycles. The monoisotopic (exact) mass is 384 g/mol. The zero-order chi connectivity index (χ0) is 20.5. The molecule has 0 saturated carbocycles. The van der Waals surface area contributed by atoms with Crippen LogP contribution in [0.1, 0.15) is 63.5 Å². The van der Waals surface area contributed by atoms with Gasteiger partial charge in [-0.25, -0.2) is 0 Å². The van der Waals surface area contributed by atoms with Gasteiger partial charge < -0.3 is 15.3 Å². The molecule has 3 nitrogen and oxygen atoms in total. The van der Waals surface area contributed by atoms with Crippen molar-refractivity contribution < 1.29 is 15.3 Å². The molecule has 3 heteroatoms. The van der Waals surface area contributed by atoms with Crippen molar-refractivity contribution in [1.29, 1.82) is 0 Å². The summed E-state index contributed by atoms with van der Waals surface area (Å²) in [7, 11) is 0. The van der Waals surface area contributed by atoms with Crippen molar-refractivity contribution in [3.05, 3.63) is 71.8 Å². The third-order valence-corrected chi connectivity index (χ3v) is 6.17. The van der Waals surface area contributed by atoms with Crippen molar-refractivity contribution in [3.8, 4) is 0 Å². The number of rotatable bonds is 12. The highest BCUT2D eigenvalue weighted by Crippen LogP contribution is 2.31. The maximum Gasteiger partial charge on any atom is 0.0540 e. The van der Waals surface area contributed by atoms with Gasteiger partial charge in [0, 0.05) is 10.8 Å². The third kappa shape index (κ3) is 6.16. The SMILES string of the molecule is CC(CO)(CCCC(O)CCCC(C)(CO)c1ccccc1)c1ccccc1. The fraction of sp³-hybridized carbons (Fsp3) is 0.520. The fourth-order valence-corrected chi connectivity index (χ4v) is 3.91. The highest BCUT2D eigenvalue weighted by molar-refractivity contribution is 5.25. The van der Waals surface area contributed by atoms with Crippen LogP contribution >= 0.6 is 0 Å². The Balaban J connectivity index is 1.77. The van der Waals surface area contributed by atoms with Crippen LogP contribution < -0.4 is 0 Å². The number of hydrogen-bond donors (Lipinski definition) is 3. The van der Waals surface area contributed by atoms with Gasteiger partial charge in [0.15, 0.2) is 0 Å². The van der Waals surface area contributed by atoms with Gasteiger partial charge in [0.1, 0.15) is 0 Å². The van der Waals surface area contributed by atoms with Gasteiger partial charge in [-0.15, -0.1) is 0 Å². The standard InChI is InChI=1S/C25H36O3/c1-24(19-26,21-11-5-3-6-12-21)17-9-15-23(28)16-10-18-25(2,20-27)22-13-7-4-8-14-22/h3-8,11-14,23,26-28H,9-10,15-20H2,1-2H3. The van der Waals surface area contributed by atoms with E-state index in [9.17, 15) is 15.3 Å². The highest BCUT2D eigenvalue weighted by Gasteiger charge is 2.27. The molecule has 3 N–H and O–H groups in total. The first-order valence-corrected chi connectivity index (χ1v) is 10.4. The van der Waals surface area contributed by atoms with Crippen LogP contribution in [0.3, 0.4) is 0 Å². The van der Waals surface area contributed by atoms with E-state index in [-0.39, 0.29) is 30.1 Å². The topological polar surface area (TPSA) is 60.7 Å². The molecule has 0 fully saturated rings. The molecule has 2 rings (SSSR count). The van der Waals surface area contributed by atoms with Crippen molar-refractivity contribution in [2.45, 2.75) is 69.3 Å². The second-order valence-electron chi connectivity index (χ2n) is 8.61. The van der Waals surface area contributed by atoms with E-state index in [1.807, 2.05) is 36.4 Å². The number of benzene rings is 2. The van der Waals surface area contributed by atoms with Gasteiger partial charge in [-0.2, -0.15) is 0 Å². The first-order valence-electron chi connectivity index (χ1n) is 10.4. The summed E-state index contributed by atoms with van der Waals surface area (Å²) in [5, 5.41) is 30.2. The van der Waals surface area contributed by atoms with E-state index in [1.165, 1.54) is 0 Å². The predicted octanol–water partition coefficient (Wildman–Crippen LogP) is 4.59. The molecule has 0 radical (unpaired) electrons. The number of hydrogen-bond acceptors (Lipinski definition) is 3. The molecule has 154 valence electrons. The Morgan fingerprint density at radius 3 is 1.36 bits per heavy atom. The lowest BCUT2D eigenvalue weighted by atomic mass is 9.78. The van der Waals surface area contributed by atoms with Gasteiger partial charge in [0.2, 0.25) is 0 Å². The molecule has 0 aliphatic rings. The quantitative estimate of drug-likeness (QED) is 0.502. The normalized spacial score (nSPS) is 16.9. The van der Waals surface area contributed by atoms with Gasteiger partial charge >= 0.3 is 0 Å². The average Bonchev–Trinajstić information content (AvgIpc) is 2.74. The van der Waals surface area contributed by atoms with Gasteiger partial charge in [-0.3, -0.25) is 0 Å². The van der Waals surface area contributed by atoms with Crippen LogP contribution in [-0.4, -0.2) is 34.6 Å². The Morgan fingerprint density at radius 1 is 0.679 bits per heavy atom. The molecular weight excluding hydrogens is 348 g/mol. The lowest BCUT2D eigenvalue weighted by Gasteiger charge is -2.29. The third-order valence-electron chi connectivity index (χ3n) is 6.17. The van der Waals surface area contributed by atoms with Crippen molar-refractivity contribution in [2.75, 3.05) is 13.2 Å². The Labute approximate surface area is 170 Å². The van der Waals surface area contributed by atoms with Crippen LogP contribution in [-0.2, 0) is 10.8 Å². The van der Waals surface area contributed by atoms with E-state index < -0.39 is 0 Å². The smallest absolute Gasteiger partial charge is 0.0540 e. The first-order chi connectivity index (χ1) is 13.4. The van der Waals surface area contributed by atoms with Gasteiger partial charge in [0.25, 0.3) is 0 Å². The number of aliphatic hydroxyl groups is 3. The maximum atomic E-state index is 10.4. The van der Waals surface area contributed by atoms with Gasteiger partial charge in [0.05, 0.1) is 19.3 Å². The summed E-state index contributed by atoms with van der Waals surface area (Å²) < 4.78 is 0. The highest BCUT2D eigenvalue weighted by atomic mass is 16.3. The Hall–Kier alpha value is -1.68. The zero-order valence-electron chi connectivity index (χ0n) is 17.3. The summed E-state index contributed by atoms with van der Waals surface area (Å²) in [5.41, 5.74) is 1.77. The molecule has 0 aromatic heterocycles. The van der Waals surface area contributed by atoms with E-state index >= 15 is 0 Å². The van der Waals surface area contributed by atoms with E-state index in [4.69, 9.17) is 0 Å². The Bertz CT molecular complexity index is 613. The molecule has 2 aromatic carbocycles. The summed E-state index contributed by atoms with van der Waals surface area (Å²) in [6.07, 6.45) is 4.60. The summed E-state index contributed by atoms with van der Waals surface area (Å²) in [4.78, 5) is 0. The first kappa shape index (κ1) is 22.6. The summed E-state index contributed by atoms with van der Waals surface area (Å²) in [6.45, 7) is 4.39. The van der Waals surface area contributed by atoms with Gasteiger partial charge in [-0.1, -0.05) is 74.5 Å². The van der Waals surface area contributed by atoms with Crippen molar-refractivity contribution >= 4 is 0 Å². The van der Waals surface area contributed by atoms with E-state index in [1.54, 1.807) is 0 Å². The summed E-state index contributed by atoms with van der Waals surface area (Å²) in [5.74, 6) is 0. The zero-order valence-corrected chi connectivity index (χ0v) is 17.3. The summed E-state index contributed by atoms with van der Waals surface area (Å²) >= 11 is 0. The Kier molecular flexibility index (Phi) is 8.68. The van der Waals surface area contributed by atoms with Crippen molar-refractivity contribution in [3.63, 3.8) is 0 Å². The molecular formula is C25H36O3. The van der Waals surface area contributed by atoms with E-state index in [2.05, 4.69) is 38.1 Å². The van der Waals surface area contributed by atoms with Crippen LogP contribution in [0.2, 0.25) is 0 Å². The largest absolute Gasteiger partial charge is 0.395 e. The molecule has 0 aliphatic carbocycles.